The van der Waals surface area contributed by atoms with Crippen LogP contribution in [0.2, 0.25) is 0 Å². The van der Waals surface area contributed by atoms with Gasteiger partial charge in [-0.3, -0.25) is 0 Å². The Labute approximate surface area is 114 Å². The lowest BCUT2D eigenvalue weighted by atomic mass is 10.1. The molecule has 0 heterocycles. The third-order valence-electron chi connectivity index (χ3n) is 2.26. The van der Waals surface area contributed by atoms with Crippen LogP contribution in [0.15, 0.2) is 18.2 Å². The monoisotopic (exact) mass is 293 g/mol. The number of thiocarbonyl (C=S) groups is 1. The molecule has 0 atom stereocenters. The van der Waals surface area contributed by atoms with E-state index < -0.39 is 11.7 Å². The van der Waals surface area contributed by atoms with Gasteiger partial charge >= 0.3 is 6.18 Å². The molecule has 1 aromatic rings. The van der Waals surface area contributed by atoms with Crippen molar-refractivity contribution in [2.24, 2.45) is 5.73 Å². The number of nitrogens with two attached hydrogens (primary N) is 1. The van der Waals surface area contributed by atoms with E-state index in [1.165, 1.54) is 12.1 Å². The lowest BCUT2D eigenvalue weighted by Gasteiger charge is -2.14. The molecule has 0 bridgehead atoms. The van der Waals surface area contributed by atoms with E-state index in [9.17, 15) is 13.2 Å². The van der Waals surface area contributed by atoms with E-state index in [0.717, 1.165) is 6.07 Å². The highest BCUT2D eigenvalue weighted by Crippen LogP contribution is 2.34. The Morgan fingerprint density at radius 1 is 1.32 bits per heavy atom. The molecule has 0 aliphatic carbocycles. The molecule has 1 aromatic carbocycles. The van der Waals surface area contributed by atoms with Crippen LogP contribution in [0.3, 0.4) is 0 Å². The van der Waals surface area contributed by atoms with E-state index in [1.807, 2.05) is 6.92 Å². The van der Waals surface area contributed by atoms with Crippen LogP contribution in [0.1, 0.15) is 18.1 Å². The first-order valence-corrected chi connectivity index (χ1v) is 5.98. The summed E-state index contributed by atoms with van der Waals surface area (Å²) in [7, 11) is 0. The Bertz CT molecular complexity index is 449. The lowest BCUT2D eigenvalue weighted by Crippen LogP contribution is -2.18. The quantitative estimate of drug-likeness (QED) is 0.647. The number of benzene rings is 1. The SMILES string of the molecule is CCOCCOc1ccc(C(N)=S)c(C(F)(F)F)c1. The smallest absolute Gasteiger partial charge is 0.417 e. The van der Waals surface area contributed by atoms with Crippen LogP contribution in [-0.2, 0) is 10.9 Å². The van der Waals surface area contributed by atoms with Gasteiger partial charge < -0.3 is 15.2 Å². The molecule has 3 nitrogen and oxygen atoms in total. The van der Waals surface area contributed by atoms with Crippen LogP contribution in [0.4, 0.5) is 13.2 Å². The maximum Gasteiger partial charge on any atom is 0.417 e. The summed E-state index contributed by atoms with van der Waals surface area (Å²) < 4.78 is 48.7. The predicted molar refractivity (Wildman–Crippen MR) is 69.3 cm³/mol. The molecule has 0 unspecified atom stereocenters. The van der Waals surface area contributed by atoms with Gasteiger partial charge in [-0.25, -0.2) is 0 Å². The molecule has 2 N–H and O–H groups in total. The zero-order chi connectivity index (χ0) is 14.5. The molecule has 0 radical (unpaired) electrons. The van der Waals surface area contributed by atoms with E-state index in [0.29, 0.717) is 13.2 Å². The standard InChI is InChI=1S/C12H14F3NO2S/c1-2-17-5-6-18-8-3-4-9(11(16)19)10(7-8)12(13,14)15/h3-4,7H,2,5-6H2,1H3,(H2,16,19). The van der Waals surface area contributed by atoms with Gasteiger partial charge in [-0.1, -0.05) is 12.2 Å². The Kier molecular flexibility index (Phi) is 5.56. The highest BCUT2D eigenvalue weighted by molar-refractivity contribution is 7.80. The number of hydrogen-bond donors (Lipinski definition) is 1. The minimum Gasteiger partial charge on any atom is -0.491 e. The van der Waals surface area contributed by atoms with Crippen LogP contribution in [-0.4, -0.2) is 24.8 Å². The molecule has 0 fully saturated rings. The zero-order valence-electron chi connectivity index (χ0n) is 10.3. The predicted octanol–water partition coefficient (Wildman–Crippen LogP) is 2.75. The Balaban J connectivity index is 2.90. The van der Waals surface area contributed by atoms with Crippen molar-refractivity contribution in [3.63, 3.8) is 0 Å². The van der Waals surface area contributed by atoms with E-state index in [4.69, 9.17) is 15.2 Å². The minimum absolute atomic E-state index is 0.104. The van der Waals surface area contributed by atoms with Crippen molar-refractivity contribution in [1.29, 1.82) is 0 Å². The second-order valence-corrected chi connectivity index (χ2v) is 4.05. The summed E-state index contributed by atoms with van der Waals surface area (Å²) in [5.74, 6) is 0.104. The summed E-state index contributed by atoms with van der Waals surface area (Å²) in [6, 6.07) is 3.50. The largest absolute Gasteiger partial charge is 0.491 e. The summed E-state index contributed by atoms with van der Waals surface area (Å²) in [6.07, 6.45) is -4.53. The second-order valence-electron chi connectivity index (χ2n) is 3.61. The van der Waals surface area contributed by atoms with Crippen molar-refractivity contribution in [2.45, 2.75) is 13.1 Å². The average molecular weight is 293 g/mol. The highest BCUT2D eigenvalue weighted by Gasteiger charge is 2.34. The molecule has 7 heteroatoms. The molecular weight excluding hydrogens is 279 g/mol. The first kappa shape index (κ1) is 15.7. The van der Waals surface area contributed by atoms with Crippen molar-refractivity contribution in [2.75, 3.05) is 19.8 Å². The maximum atomic E-state index is 12.8. The summed E-state index contributed by atoms with van der Waals surface area (Å²) in [5, 5.41) is 0. The molecule has 19 heavy (non-hydrogen) atoms. The molecule has 0 saturated carbocycles. The average Bonchev–Trinajstić information content (AvgIpc) is 2.33. The van der Waals surface area contributed by atoms with Crippen molar-refractivity contribution in [3.05, 3.63) is 29.3 Å². The molecule has 106 valence electrons. The molecule has 0 amide bonds. The number of rotatable bonds is 6. The van der Waals surface area contributed by atoms with Gasteiger partial charge in [-0.05, 0) is 25.1 Å². The van der Waals surface area contributed by atoms with E-state index >= 15 is 0 Å². The van der Waals surface area contributed by atoms with Gasteiger partial charge in [-0.2, -0.15) is 13.2 Å². The van der Waals surface area contributed by atoms with Crippen molar-refractivity contribution < 1.29 is 22.6 Å². The highest BCUT2D eigenvalue weighted by atomic mass is 32.1. The van der Waals surface area contributed by atoms with Crippen LogP contribution < -0.4 is 10.5 Å². The van der Waals surface area contributed by atoms with Crippen LogP contribution in [0.5, 0.6) is 5.75 Å². The molecule has 0 aliphatic rings. The number of halogens is 3. The molecule has 0 aromatic heterocycles. The van der Waals surface area contributed by atoms with Crippen molar-refractivity contribution in [3.8, 4) is 5.75 Å². The van der Waals surface area contributed by atoms with E-state index in [-0.39, 0.29) is 22.9 Å². The Morgan fingerprint density at radius 3 is 2.53 bits per heavy atom. The minimum atomic E-state index is -4.53. The summed E-state index contributed by atoms with van der Waals surface area (Å²) in [6.45, 7) is 2.84. The lowest BCUT2D eigenvalue weighted by molar-refractivity contribution is -0.137. The normalized spacial score (nSPS) is 11.4. The summed E-state index contributed by atoms with van der Waals surface area (Å²) in [4.78, 5) is -0.298. The number of hydrogen-bond acceptors (Lipinski definition) is 3. The zero-order valence-corrected chi connectivity index (χ0v) is 11.1. The van der Waals surface area contributed by atoms with Crippen molar-refractivity contribution in [1.82, 2.24) is 0 Å². The number of ether oxygens (including phenoxy) is 2. The molecular formula is C12H14F3NO2S. The molecule has 1 rings (SSSR count). The molecule has 0 aliphatic heterocycles. The molecule has 0 spiro atoms. The van der Waals surface area contributed by atoms with Crippen LogP contribution in [0, 0.1) is 0 Å². The van der Waals surface area contributed by atoms with Crippen LogP contribution >= 0.6 is 12.2 Å². The first-order valence-electron chi connectivity index (χ1n) is 5.58. The Morgan fingerprint density at radius 2 is 2.00 bits per heavy atom. The van der Waals surface area contributed by atoms with Gasteiger partial charge in [0.2, 0.25) is 0 Å². The van der Waals surface area contributed by atoms with Gasteiger partial charge in [0.25, 0.3) is 0 Å². The first-order chi connectivity index (χ1) is 8.86. The van der Waals surface area contributed by atoms with Gasteiger partial charge in [0.05, 0.1) is 12.2 Å². The third kappa shape index (κ3) is 4.68. The maximum absolute atomic E-state index is 12.8. The fourth-order valence-corrected chi connectivity index (χ4v) is 1.60. The van der Waals surface area contributed by atoms with Crippen molar-refractivity contribution >= 4 is 17.2 Å². The van der Waals surface area contributed by atoms with E-state index in [1.54, 1.807) is 0 Å². The van der Waals surface area contributed by atoms with Gasteiger partial charge in [-0.15, -0.1) is 0 Å². The van der Waals surface area contributed by atoms with Gasteiger partial charge in [0, 0.05) is 12.2 Å². The van der Waals surface area contributed by atoms with Gasteiger partial charge in [0.15, 0.2) is 0 Å². The fourth-order valence-electron chi connectivity index (χ4n) is 1.43. The number of alkyl halides is 3. The van der Waals surface area contributed by atoms with E-state index in [2.05, 4.69) is 12.2 Å². The van der Waals surface area contributed by atoms with Gasteiger partial charge in [0.1, 0.15) is 17.3 Å². The third-order valence-corrected chi connectivity index (χ3v) is 2.48. The second kappa shape index (κ2) is 6.72. The summed E-state index contributed by atoms with van der Waals surface area (Å²) in [5.41, 5.74) is 4.17. The Hall–Kier alpha value is -1.34. The topological polar surface area (TPSA) is 44.5 Å². The van der Waals surface area contributed by atoms with Crippen LogP contribution in [0.25, 0.3) is 0 Å². The molecule has 0 saturated heterocycles. The summed E-state index contributed by atoms with van der Waals surface area (Å²) >= 11 is 4.60. The fraction of sp³-hybridized carbons (Fsp3) is 0.417.